The fourth-order valence-corrected chi connectivity index (χ4v) is 2.44. The van der Waals surface area contributed by atoms with E-state index in [9.17, 15) is 18.0 Å². The van der Waals surface area contributed by atoms with Gasteiger partial charge >= 0.3 is 6.18 Å². The van der Waals surface area contributed by atoms with E-state index in [2.05, 4.69) is 0 Å². The van der Waals surface area contributed by atoms with Crippen LogP contribution in [0, 0.1) is 5.92 Å². The maximum atomic E-state index is 12.4. The van der Waals surface area contributed by atoms with E-state index in [1.54, 1.807) is 0 Å². The topological polar surface area (TPSA) is 46.3 Å². The lowest BCUT2D eigenvalue weighted by atomic mass is 10.1. The molecule has 0 spiro atoms. The number of nitrogens with two attached hydrogens (primary N) is 1. The molecule has 0 aromatic heterocycles. The van der Waals surface area contributed by atoms with Crippen molar-refractivity contribution in [2.75, 3.05) is 6.54 Å². The van der Waals surface area contributed by atoms with E-state index in [-0.39, 0.29) is 23.9 Å². The molecule has 2 saturated carbocycles. The van der Waals surface area contributed by atoms with Gasteiger partial charge < -0.3 is 10.6 Å². The van der Waals surface area contributed by atoms with Gasteiger partial charge in [-0.2, -0.15) is 13.2 Å². The van der Waals surface area contributed by atoms with Crippen LogP contribution in [0.5, 0.6) is 0 Å². The first-order valence-corrected chi connectivity index (χ1v) is 5.99. The van der Waals surface area contributed by atoms with Crippen molar-refractivity contribution >= 4 is 5.91 Å². The molecule has 3 nitrogen and oxygen atoms in total. The van der Waals surface area contributed by atoms with Crippen LogP contribution >= 0.6 is 0 Å². The Morgan fingerprint density at radius 3 is 2.29 bits per heavy atom. The van der Waals surface area contributed by atoms with E-state index in [1.807, 2.05) is 0 Å². The van der Waals surface area contributed by atoms with Crippen LogP contribution < -0.4 is 5.73 Å². The van der Waals surface area contributed by atoms with E-state index in [0.717, 1.165) is 11.3 Å². The molecule has 0 aromatic rings. The summed E-state index contributed by atoms with van der Waals surface area (Å²) in [5, 5.41) is 0. The average Bonchev–Trinajstić information content (AvgIpc) is 2.96. The largest absolute Gasteiger partial charge is 0.406 e. The minimum Gasteiger partial charge on any atom is -0.330 e. The van der Waals surface area contributed by atoms with E-state index >= 15 is 0 Å². The van der Waals surface area contributed by atoms with Crippen LogP contribution in [-0.4, -0.2) is 35.6 Å². The molecule has 2 N–H and O–H groups in total. The lowest BCUT2D eigenvalue weighted by molar-refractivity contribution is -0.164. The van der Waals surface area contributed by atoms with Gasteiger partial charge in [-0.1, -0.05) is 0 Å². The van der Waals surface area contributed by atoms with Gasteiger partial charge in [0, 0.05) is 18.0 Å². The Kier molecular flexibility index (Phi) is 3.34. The summed E-state index contributed by atoms with van der Waals surface area (Å²) in [5.74, 6) is -0.647. The van der Waals surface area contributed by atoms with Gasteiger partial charge in [-0.05, 0) is 32.1 Å². The highest BCUT2D eigenvalue weighted by Gasteiger charge is 2.43. The second-order valence-electron chi connectivity index (χ2n) is 5.08. The van der Waals surface area contributed by atoms with Crippen LogP contribution in [-0.2, 0) is 4.79 Å². The first-order chi connectivity index (χ1) is 7.87. The maximum Gasteiger partial charge on any atom is 0.406 e. The molecular weight excluding hydrogens is 233 g/mol. The molecule has 2 aliphatic rings. The normalized spacial score (nSPS) is 29.4. The molecule has 17 heavy (non-hydrogen) atoms. The molecule has 0 radical (unpaired) electrons. The summed E-state index contributed by atoms with van der Waals surface area (Å²) < 4.78 is 37.2. The molecule has 0 aliphatic heterocycles. The maximum absolute atomic E-state index is 12.4. The molecular formula is C11H17F3N2O. The van der Waals surface area contributed by atoms with Crippen LogP contribution in [0.1, 0.15) is 32.1 Å². The summed E-state index contributed by atoms with van der Waals surface area (Å²) >= 11 is 0. The van der Waals surface area contributed by atoms with Crippen molar-refractivity contribution in [3.05, 3.63) is 0 Å². The highest BCUT2D eigenvalue weighted by molar-refractivity contribution is 5.80. The number of halogens is 3. The quantitative estimate of drug-likeness (QED) is 0.828. The first kappa shape index (κ1) is 12.7. The number of amides is 1. The molecule has 0 heterocycles. The van der Waals surface area contributed by atoms with Crippen molar-refractivity contribution in [3.8, 4) is 0 Å². The van der Waals surface area contributed by atoms with Gasteiger partial charge in [-0.15, -0.1) is 0 Å². The SMILES string of the molecule is NC1CCC(C(=O)N(CC(F)(F)F)C2CC2)C1. The van der Waals surface area contributed by atoms with Gasteiger partial charge in [0.15, 0.2) is 0 Å². The van der Waals surface area contributed by atoms with Gasteiger partial charge in [0.25, 0.3) is 0 Å². The predicted molar refractivity (Wildman–Crippen MR) is 56.1 cm³/mol. The van der Waals surface area contributed by atoms with Crippen molar-refractivity contribution in [2.45, 2.75) is 50.4 Å². The lowest BCUT2D eigenvalue weighted by Gasteiger charge is -2.26. The smallest absolute Gasteiger partial charge is 0.330 e. The summed E-state index contributed by atoms with van der Waals surface area (Å²) in [6.45, 7) is -1.11. The molecule has 98 valence electrons. The average molecular weight is 250 g/mol. The summed E-state index contributed by atoms with van der Waals surface area (Å²) in [6.07, 6.45) is -1.03. The van der Waals surface area contributed by atoms with Gasteiger partial charge in [-0.3, -0.25) is 4.79 Å². The number of alkyl halides is 3. The Morgan fingerprint density at radius 2 is 1.88 bits per heavy atom. The number of nitrogens with zero attached hydrogens (tertiary/aromatic N) is 1. The fraction of sp³-hybridized carbons (Fsp3) is 0.909. The zero-order valence-corrected chi connectivity index (χ0v) is 9.54. The van der Waals surface area contributed by atoms with E-state index in [1.165, 1.54) is 0 Å². The predicted octanol–water partition coefficient (Wildman–Crippen LogP) is 1.67. The van der Waals surface area contributed by atoms with E-state index < -0.39 is 12.7 Å². The third-order valence-electron chi connectivity index (χ3n) is 3.44. The molecule has 2 unspecified atom stereocenters. The number of hydrogen-bond donors (Lipinski definition) is 1. The Morgan fingerprint density at radius 1 is 1.24 bits per heavy atom. The van der Waals surface area contributed by atoms with Crippen LogP contribution in [0.4, 0.5) is 13.2 Å². The molecule has 2 atom stereocenters. The summed E-state index contributed by atoms with van der Waals surface area (Å²) in [4.78, 5) is 13.0. The van der Waals surface area contributed by atoms with Gasteiger partial charge in [0.2, 0.25) is 5.91 Å². The zero-order valence-electron chi connectivity index (χ0n) is 9.54. The van der Waals surface area contributed by atoms with Crippen molar-refractivity contribution in [2.24, 2.45) is 11.7 Å². The van der Waals surface area contributed by atoms with Crippen molar-refractivity contribution < 1.29 is 18.0 Å². The summed E-state index contributed by atoms with van der Waals surface area (Å²) in [7, 11) is 0. The van der Waals surface area contributed by atoms with E-state index in [0.29, 0.717) is 25.7 Å². The highest BCUT2D eigenvalue weighted by Crippen LogP contribution is 2.34. The van der Waals surface area contributed by atoms with Crippen LogP contribution in [0.3, 0.4) is 0 Å². The third kappa shape index (κ3) is 3.34. The molecule has 0 bridgehead atoms. The Hall–Kier alpha value is -0.780. The molecule has 2 aliphatic carbocycles. The van der Waals surface area contributed by atoms with Crippen LogP contribution in [0.2, 0.25) is 0 Å². The Balaban J connectivity index is 1.98. The summed E-state index contributed by atoms with van der Waals surface area (Å²) in [6, 6.07) is -0.225. The van der Waals surface area contributed by atoms with Crippen molar-refractivity contribution in [3.63, 3.8) is 0 Å². The minimum atomic E-state index is -4.31. The Labute approximate surface area is 98.1 Å². The van der Waals surface area contributed by atoms with Crippen LogP contribution in [0.15, 0.2) is 0 Å². The van der Waals surface area contributed by atoms with Crippen molar-refractivity contribution in [1.82, 2.24) is 4.90 Å². The monoisotopic (exact) mass is 250 g/mol. The minimum absolute atomic E-state index is 0.0316. The molecule has 6 heteroatoms. The Bertz CT molecular complexity index is 302. The molecule has 0 saturated heterocycles. The fourth-order valence-electron chi connectivity index (χ4n) is 2.44. The second kappa shape index (κ2) is 4.48. The number of carbonyl (C=O) groups is 1. The number of hydrogen-bond acceptors (Lipinski definition) is 2. The third-order valence-corrected chi connectivity index (χ3v) is 3.44. The second-order valence-corrected chi connectivity index (χ2v) is 5.08. The summed E-state index contributed by atoms with van der Waals surface area (Å²) in [5.41, 5.74) is 5.69. The molecule has 1 amide bonds. The first-order valence-electron chi connectivity index (χ1n) is 5.99. The zero-order chi connectivity index (χ0) is 12.6. The molecule has 0 aromatic carbocycles. The van der Waals surface area contributed by atoms with E-state index in [4.69, 9.17) is 5.73 Å². The highest BCUT2D eigenvalue weighted by atomic mass is 19.4. The standard InChI is InChI=1S/C11H17F3N2O/c12-11(13,14)6-16(9-3-4-9)10(17)7-1-2-8(15)5-7/h7-9H,1-6,15H2. The number of rotatable bonds is 3. The lowest BCUT2D eigenvalue weighted by Crippen LogP contribution is -2.43. The van der Waals surface area contributed by atoms with Crippen molar-refractivity contribution in [1.29, 1.82) is 0 Å². The molecule has 2 fully saturated rings. The van der Waals surface area contributed by atoms with Gasteiger partial charge in [0.1, 0.15) is 6.54 Å². The number of carbonyl (C=O) groups excluding carboxylic acids is 1. The molecule has 2 rings (SSSR count). The van der Waals surface area contributed by atoms with Crippen LogP contribution in [0.25, 0.3) is 0 Å². The van der Waals surface area contributed by atoms with Gasteiger partial charge in [0.05, 0.1) is 0 Å². The van der Waals surface area contributed by atoms with Gasteiger partial charge in [-0.25, -0.2) is 0 Å².